The molecular weight excluding hydrogens is 292 g/mol. The molecule has 1 aliphatic heterocycles. The van der Waals surface area contributed by atoms with E-state index >= 15 is 0 Å². The van der Waals surface area contributed by atoms with Crippen LogP contribution in [0.25, 0.3) is 0 Å². The smallest absolute Gasteiger partial charge is 0.254 e. The summed E-state index contributed by atoms with van der Waals surface area (Å²) in [4.78, 5) is 20.2. The summed E-state index contributed by atoms with van der Waals surface area (Å²) in [7, 11) is -3.01. The summed E-state index contributed by atoms with van der Waals surface area (Å²) in [6, 6.07) is -0.324. The van der Waals surface area contributed by atoms with Gasteiger partial charge in [-0.3, -0.25) is 4.79 Å². The van der Waals surface area contributed by atoms with Crippen molar-refractivity contribution >= 4 is 21.7 Å². The van der Waals surface area contributed by atoms with Crippen molar-refractivity contribution in [2.75, 3.05) is 16.8 Å². The lowest BCUT2D eigenvalue weighted by atomic mass is 10.1. The highest BCUT2D eigenvalue weighted by Crippen LogP contribution is 2.13. The second-order valence-corrected chi connectivity index (χ2v) is 8.47. The van der Waals surface area contributed by atoms with E-state index in [4.69, 9.17) is 0 Å². The Labute approximate surface area is 124 Å². The second kappa shape index (κ2) is 5.59. The van der Waals surface area contributed by atoms with Gasteiger partial charge in [-0.05, 0) is 27.2 Å². The van der Waals surface area contributed by atoms with Gasteiger partial charge < -0.3 is 10.6 Å². The van der Waals surface area contributed by atoms with E-state index < -0.39 is 9.84 Å². The van der Waals surface area contributed by atoms with Gasteiger partial charge in [-0.15, -0.1) is 0 Å². The second-order valence-electron chi connectivity index (χ2n) is 6.24. The molecule has 2 heterocycles. The predicted octanol–water partition coefficient (Wildman–Crippen LogP) is 0.604. The zero-order chi connectivity index (χ0) is 15.7. The van der Waals surface area contributed by atoms with Gasteiger partial charge in [0.15, 0.2) is 9.84 Å². The van der Waals surface area contributed by atoms with Crippen LogP contribution in [-0.2, 0) is 9.84 Å². The molecule has 2 N–H and O–H groups in total. The van der Waals surface area contributed by atoms with Crippen LogP contribution in [0.2, 0.25) is 0 Å². The van der Waals surface area contributed by atoms with Crippen molar-refractivity contribution in [2.45, 2.75) is 38.8 Å². The molecular formula is C13H20N4O3S. The highest BCUT2D eigenvalue weighted by atomic mass is 32.2. The Morgan fingerprint density at radius 2 is 1.90 bits per heavy atom. The Balaban J connectivity index is 1.97. The Morgan fingerprint density at radius 1 is 1.29 bits per heavy atom. The van der Waals surface area contributed by atoms with Crippen LogP contribution in [-0.4, -0.2) is 47.4 Å². The molecule has 1 fully saturated rings. The lowest BCUT2D eigenvalue weighted by Gasteiger charge is -2.20. The summed E-state index contributed by atoms with van der Waals surface area (Å²) >= 11 is 0. The maximum absolute atomic E-state index is 12.0. The molecule has 1 aliphatic rings. The number of nitrogens with one attached hydrogen (secondary N) is 2. The van der Waals surface area contributed by atoms with E-state index in [1.165, 1.54) is 12.4 Å². The molecule has 0 aromatic carbocycles. The van der Waals surface area contributed by atoms with Crippen LogP contribution in [0.4, 0.5) is 5.95 Å². The van der Waals surface area contributed by atoms with Gasteiger partial charge in [-0.2, -0.15) is 0 Å². The third-order valence-electron chi connectivity index (χ3n) is 2.97. The highest BCUT2D eigenvalue weighted by molar-refractivity contribution is 7.91. The maximum atomic E-state index is 12.0. The van der Waals surface area contributed by atoms with Gasteiger partial charge in [0, 0.05) is 24.0 Å². The minimum atomic E-state index is -3.01. The van der Waals surface area contributed by atoms with Crippen LogP contribution in [0.15, 0.2) is 12.4 Å². The Bertz CT molecular complexity index is 620. The highest BCUT2D eigenvalue weighted by Gasteiger charge is 2.29. The number of aromatic nitrogens is 2. The van der Waals surface area contributed by atoms with E-state index in [1.54, 1.807) is 0 Å². The lowest BCUT2D eigenvalue weighted by molar-refractivity contribution is 0.0940. The number of carbonyl (C=O) groups excluding carboxylic acids is 1. The molecule has 2 rings (SSSR count). The Hall–Kier alpha value is -1.70. The zero-order valence-electron chi connectivity index (χ0n) is 12.4. The number of carbonyl (C=O) groups is 1. The Morgan fingerprint density at radius 3 is 2.38 bits per heavy atom. The number of sulfone groups is 1. The van der Waals surface area contributed by atoms with Crippen LogP contribution >= 0.6 is 0 Å². The molecule has 1 aromatic rings. The van der Waals surface area contributed by atoms with Gasteiger partial charge in [0.2, 0.25) is 5.95 Å². The SMILES string of the molecule is CC(C)(C)Nc1ncc(C(=O)NC2CCS(=O)(=O)C2)cn1. The first kappa shape index (κ1) is 15.7. The van der Waals surface area contributed by atoms with Crippen LogP contribution in [0, 0.1) is 0 Å². The Kier molecular flexibility index (Phi) is 4.18. The van der Waals surface area contributed by atoms with Crippen molar-refractivity contribution in [2.24, 2.45) is 0 Å². The van der Waals surface area contributed by atoms with Gasteiger partial charge >= 0.3 is 0 Å². The molecule has 1 aromatic heterocycles. The van der Waals surface area contributed by atoms with Crippen molar-refractivity contribution in [3.8, 4) is 0 Å². The van der Waals surface area contributed by atoms with Crippen LogP contribution in [0.1, 0.15) is 37.6 Å². The first-order valence-electron chi connectivity index (χ1n) is 6.76. The van der Waals surface area contributed by atoms with E-state index in [2.05, 4.69) is 20.6 Å². The average Bonchev–Trinajstić information content (AvgIpc) is 2.67. The van der Waals surface area contributed by atoms with Crippen LogP contribution in [0.5, 0.6) is 0 Å². The standard InChI is InChI=1S/C13H20N4O3S/c1-13(2,3)17-12-14-6-9(7-15-12)11(18)16-10-4-5-21(19,20)8-10/h6-7,10H,4-5,8H2,1-3H3,(H,16,18)(H,14,15,17). The molecule has 0 spiro atoms. The van der Waals surface area contributed by atoms with E-state index in [0.29, 0.717) is 17.9 Å². The van der Waals surface area contributed by atoms with Crippen molar-refractivity contribution in [3.05, 3.63) is 18.0 Å². The summed E-state index contributed by atoms with van der Waals surface area (Å²) in [5, 5.41) is 5.80. The van der Waals surface area contributed by atoms with Crippen molar-refractivity contribution in [1.82, 2.24) is 15.3 Å². The summed E-state index contributed by atoms with van der Waals surface area (Å²) in [6.45, 7) is 5.95. The first-order valence-corrected chi connectivity index (χ1v) is 8.58. The van der Waals surface area contributed by atoms with E-state index in [1.807, 2.05) is 20.8 Å². The molecule has 1 saturated heterocycles. The summed E-state index contributed by atoms with van der Waals surface area (Å²) in [5.41, 5.74) is 0.154. The molecule has 1 atom stereocenters. The number of amides is 1. The van der Waals surface area contributed by atoms with Crippen molar-refractivity contribution in [3.63, 3.8) is 0 Å². The largest absolute Gasteiger partial charge is 0.350 e. The zero-order valence-corrected chi connectivity index (χ0v) is 13.2. The fourth-order valence-electron chi connectivity index (χ4n) is 2.02. The molecule has 8 heteroatoms. The minimum Gasteiger partial charge on any atom is -0.350 e. The van der Waals surface area contributed by atoms with Crippen molar-refractivity contribution < 1.29 is 13.2 Å². The summed E-state index contributed by atoms with van der Waals surface area (Å²) in [5.74, 6) is 0.230. The van der Waals surface area contributed by atoms with Gasteiger partial charge in [-0.1, -0.05) is 0 Å². The molecule has 116 valence electrons. The lowest BCUT2D eigenvalue weighted by Crippen LogP contribution is -2.35. The molecule has 1 unspecified atom stereocenters. The molecule has 0 aliphatic carbocycles. The molecule has 0 bridgehead atoms. The van der Waals surface area contributed by atoms with Gasteiger partial charge in [-0.25, -0.2) is 18.4 Å². The quantitative estimate of drug-likeness (QED) is 0.848. The first-order chi connectivity index (χ1) is 9.65. The molecule has 7 nitrogen and oxygen atoms in total. The van der Waals surface area contributed by atoms with E-state index in [9.17, 15) is 13.2 Å². The fraction of sp³-hybridized carbons (Fsp3) is 0.615. The van der Waals surface area contributed by atoms with E-state index in [0.717, 1.165) is 0 Å². The number of nitrogens with zero attached hydrogens (tertiary/aromatic N) is 2. The number of hydrogen-bond donors (Lipinski definition) is 2. The molecule has 21 heavy (non-hydrogen) atoms. The third-order valence-corrected chi connectivity index (χ3v) is 4.74. The third kappa shape index (κ3) is 4.66. The number of anilines is 1. The van der Waals surface area contributed by atoms with Gasteiger partial charge in [0.1, 0.15) is 0 Å². The monoisotopic (exact) mass is 312 g/mol. The molecule has 0 saturated carbocycles. The number of rotatable bonds is 3. The van der Waals surface area contributed by atoms with E-state index in [-0.39, 0.29) is 29.0 Å². The van der Waals surface area contributed by atoms with Crippen LogP contribution < -0.4 is 10.6 Å². The fourth-order valence-corrected chi connectivity index (χ4v) is 3.70. The summed E-state index contributed by atoms with van der Waals surface area (Å²) in [6.07, 6.45) is 3.32. The molecule has 1 amide bonds. The molecule has 0 radical (unpaired) electrons. The predicted molar refractivity (Wildman–Crippen MR) is 79.9 cm³/mol. The average molecular weight is 312 g/mol. The van der Waals surface area contributed by atoms with Gasteiger partial charge in [0.25, 0.3) is 5.91 Å². The normalized spacial score (nSPS) is 21.0. The summed E-state index contributed by atoms with van der Waals surface area (Å²) < 4.78 is 22.7. The minimum absolute atomic E-state index is 0.00323. The van der Waals surface area contributed by atoms with Gasteiger partial charge in [0.05, 0.1) is 17.1 Å². The maximum Gasteiger partial charge on any atom is 0.254 e. The van der Waals surface area contributed by atoms with Crippen LogP contribution in [0.3, 0.4) is 0 Å². The van der Waals surface area contributed by atoms with Crippen molar-refractivity contribution in [1.29, 1.82) is 0 Å². The number of hydrogen-bond acceptors (Lipinski definition) is 6. The topological polar surface area (TPSA) is 101 Å².